The maximum absolute atomic E-state index is 6.20. The molecule has 2 fully saturated rings. The van der Waals surface area contributed by atoms with Crippen LogP contribution in [0.5, 0.6) is 11.5 Å². The molecule has 2 heterocycles. The van der Waals surface area contributed by atoms with Gasteiger partial charge in [0.1, 0.15) is 11.5 Å². The van der Waals surface area contributed by atoms with Gasteiger partial charge in [-0.25, -0.2) is 0 Å². The number of ether oxygens (including phenoxy) is 2. The molecule has 0 aromatic heterocycles. The van der Waals surface area contributed by atoms with Crippen LogP contribution >= 0.6 is 0 Å². The lowest BCUT2D eigenvalue weighted by molar-refractivity contribution is 0.268. The summed E-state index contributed by atoms with van der Waals surface area (Å²) < 4.78 is 10.9. The zero-order chi connectivity index (χ0) is 14.1. The minimum Gasteiger partial charge on any atom is -0.497 e. The Morgan fingerprint density at radius 3 is 2.40 bits per heavy atom. The Morgan fingerprint density at radius 1 is 1.10 bits per heavy atom. The lowest BCUT2D eigenvalue weighted by Gasteiger charge is -2.49. The van der Waals surface area contributed by atoms with Crippen molar-refractivity contribution < 1.29 is 9.47 Å². The van der Waals surface area contributed by atoms with E-state index >= 15 is 0 Å². The third-order valence-electron chi connectivity index (χ3n) is 4.68. The van der Waals surface area contributed by atoms with E-state index in [4.69, 9.17) is 15.2 Å². The molecule has 0 spiro atoms. The van der Waals surface area contributed by atoms with Crippen LogP contribution in [0, 0.1) is 0 Å². The largest absolute Gasteiger partial charge is 0.497 e. The first-order valence-corrected chi connectivity index (χ1v) is 7.49. The van der Waals surface area contributed by atoms with Crippen LogP contribution in [0.2, 0.25) is 0 Å². The molecule has 0 aliphatic carbocycles. The molecule has 4 nitrogen and oxygen atoms in total. The highest BCUT2D eigenvalue weighted by Gasteiger charge is 2.38. The molecule has 110 valence electrons. The lowest BCUT2D eigenvalue weighted by atomic mass is 9.81. The summed E-state index contributed by atoms with van der Waals surface area (Å²) in [5.74, 6) is 1.74. The first-order chi connectivity index (χ1) is 9.72. The summed E-state index contributed by atoms with van der Waals surface area (Å²) >= 11 is 0. The van der Waals surface area contributed by atoms with Gasteiger partial charge in [-0.2, -0.15) is 0 Å². The Kier molecular flexibility index (Phi) is 3.74. The number of benzene rings is 1. The highest BCUT2D eigenvalue weighted by Crippen LogP contribution is 2.42. The van der Waals surface area contributed by atoms with Crippen molar-refractivity contribution >= 4 is 5.69 Å². The van der Waals surface area contributed by atoms with Gasteiger partial charge in [0.15, 0.2) is 0 Å². The average Bonchev–Trinajstić information content (AvgIpc) is 2.45. The van der Waals surface area contributed by atoms with Crippen LogP contribution in [0.15, 0.2) is 18.2 Å². The summed E-state index contributed by atoms with van der Waals surface area (Å²) in [4.78, 5) is 2.55. The van der Waals surface area contributed by atoms with Crippen LogP contribution in [-0.2, 0) is 0 Å². The molecule has 3 rings (SSSR count). The van der Waals surface area contributed by atoms with Gasteiger partial charge in [-0.15, -0.1) is 0 Å². The molecule has 2 atom stereocenters. The molecule has 2 aliphatic heterocycles. The van der Waals surface area contributed by atoms with Crippen molar-refractivity contribution in [2.24, 2.45) is 5.73 Å². The molecule has 2 N–H and O–H groups in total. The van der Waals surface area contributed by atoms with Gasteiger partial charge in [0.25, 0.3) is 0 Å². The Bertz CT molecular complexity index is 464. The smallest absolute Gasteiger partial charge is 0.145 e. The van der Waals surface area contributed by atoms with E-state index in [0.29, 0.717) is 18.1 Å². The van der Waals surface area contributed by atoms with Crippen molar-refractivity contribution in [1.29, 1.82) is 0 Å². The Morgan fingerprint density at radius 2 is 1.80 bits per heavy atom. The standard InChI is InChI=1S/C16H24N2O2/c1-19-14-6-7-15(16(10-14)20-2)18-12-4-3-5-13(18)9-11(17)8-12/h6-7,10-13H,3-5,8-9,17H2,1-2H3. The second kappa shape index (κ2) is 5.52. The van der Waals surface area contributed by atoms with Gasteiger partial charge in [-0.3, -0.25) is 0 Å². The van der Waals surface area contributed by atoms with E-state index in [1.165, 1.54) is 24.9 Å². The third-order valence-corrected chi connectivity index (χ3v) is 4.68. The highest BCUT2D eigenvalue weighted by molar-refractivity contribution is 5.63. The van der Waals surface area contributed by atoms with Crippen molar-refractivity contribution in [3.05, 3.63) is 18.2 Å². The number of methoxy groups -OCH3 is 2. The van der Waals surface area contributed by atoms with Crippen LogP contribution in [0.1, 0.15) is 32.1 Å². The molecule has 0 saturated carbocycles. The first-order valence-electron chi connectivity index (χ1n) is 7.49. The molecular weight excluding hydrogens is 252 g/mol. The molecule has 4 heteroatoms. The average molecular weight is 276 g/mol. The molecule has 2 unspecified atom stereocenters. The maximum Gasteiger partial charge on any atom is 0.145 e. The van der Waals surface area contributed by atoms with Crippen LogP contribution in [-0.4, -0.2) is 32.3 Å². The highest BCUT2D eigenvalue weighted by atomic mass is 16.5. The number of anilines is 1. The summed E-state index contributed by atoms with van der Waals surface area (Å²) in [5, 5.41) is 0. The lowest BCUT2D eigenvalue weighted by Crippen LogP contribution is -2.55. The predicted molar refractivity (Wildman–Crippen MR) is 80.7 cm³/mol. The normalized spacial score (nSPS) is 29.1. The SMILES string of the molecule is COc1ccc(N2C3CCCC2CC(N)C3)c(OC)c1. The number of nitrogens with zero attached hydrogens (tertiary/aromatic N) is 1. The van der Waals surface area contributed by atoms with Gasteiger partial charge in [-0.1, -0.05) is 0 Å². The van der Waals surface area contributed by atoms with E-state index in [2.05, 4.69) is 11.0 Å². The molecule has 20 heavy (non-hydrogen) atoms. The fourth-order valence-electron chi connectivity index (χ4n) is 3.82. The van der Waals surface area contributed by atoms with E-state index in [-0.39, 0.29) is 0 Å². The minimum absolute atomic E-state index is 0.353. The Labute approximate surface area is 120 Å². The number of fused-ring (bicyclic) bond motifs is 2. The number of hydrogen-bond donors (Lipinski definition) is 1. The fraction of sp³-hybridized carbons (Fsp3) is 0.625. The van der Waals surface area contributed by atoms with Gasteiger partial charge in [0, 0.05) is 24.2 Å². The number of piperidine rings is 2. The van der Waals surface area contributed by atoms with E-state index in [1.807, 2.05) is 12.1 Å². The van der Waals surface area contributed by atoms with Gasteiger partial charge >= 0.3 is 0 Å². The van der Waals surface area contributed by atoms with Crippen LogP contribution < -0.4 is 20.1 Å². The van der Waals surface area contributed by atoms with E-state index in [1.54, 1.807) is 14.2 Å². The fourth-order valence-corrected chi connectivity index (χ4v) is 3.82. The monoisotopic (exact) mass is 276 g/mol. The maximum atomic E-state index is 6.20. The van der Waals surface area contributed by atoms with Crippen molar-refractivity contribution in [2.75, 3.05) is 19.1 Å². The second-order valence-corrected chi connectivity index (χ2v) is 5.92. The second-order valence-electron chi connectivity index (χ2n) is 5.92. The van der Waals surface area contributed by atoms with Crippen LogP contribution in [0.25, 0.3) is 0 Å². The van der Waals surface area contributed by atoms with E-state index in [9.17, 15) is 0 Å². The minimum atomic E-state index is 0.353. The summed E-state index contributed by atoms with van der Waals surface area (Å²) in [5.41, 5.74) is 7.39. The molecular formula is C16H24N2O2. The van der Waals surface area contributed by atoms with Crippen LogP contribution in [0.3, 0.4) is 0 Å². The van der Waals surface area contributed by atoms with Gasteiger partial charge in [-0.05, 0) is 44.2 Å². The van der Waals surface area contributed by atoms with Gasteiger partial charge in [0.2, 0.25) is 0 Å². The number of rotatable bonds is 3. The summed E-state index contributed by atoms with van der Waals surface area (Å²) in [6.07, 6.45) is 5.97. The molecule has 2 bridgehead atoms. The predicted octanol–water partition coefficient (Wildman–Crippen LogP) is 2.55. The Hall–Kier alpha value is -1.42. The van der Waals surface area contributed by atoms with Gasteiger partial charge in [0.05, 0.1) is 19.9 Å². The quantitative estimate of drug-likeness (QED) is 0.921. The number of hydrogen-bond acceptors (Lipinski definition) is 4. The van der Waals surface area contributed by atoms with Crippen LogP contribution in [0.4, 0.5) is 5.69 Å². The summed E-state index contributed by atoms with van der Waals surface area (Å²) in [6, 6.07) is 7.58. The van der Waals surface area contributed by atoms with E-state index in [0.717, 1.165) is 24.3 Å². The summed E-state index contributed by atoms with van der Waals surface area (Å²) in [6.45, 7) is 0. The van der Waals surface area contributed by atoms with Crippen molar-refractivity contribution in [2.45, 2.75) is 50.2 Å². The molecule has 1 aromatic rings. The first kappa shape index (κ1) is 13.6. The van der Waals surface area contributed by atoms with Crippen molar-refractivity contribution in [3.8, 4) is 11.5 Å². The van der Waals surface area contributed by atoms with Crippen molar-refractivity contribution in [3.63, 3.8) is 0 Å². The molecule has 2 saturated heterocycles. The molecule has 1 aromatic carbocycles. The Balaban J connectivity index is 1.95. The summed E-state index contributed by atoms with van der Waals surface area (Å²) in [7, 11) is 3.41. The topological polar surface area (TPSA) is 47.7 Å². The molecule has 2 aliphatic rings. The number of nitrogens with two attached hydrogens (primary N) is 1. The molecule has 0 amide bonds. The zero-order valence-corrected chi connectivity index (χ0v) is 12.3. The molecule has 0 radical (unpaired) electrons. The zero-order valence-electron chi connectivity index (χ0n) is 12.3. The van der Waals surface area contributed by atoms with Crippen molar-refractivity contribution in [1.82, 2.24) is 0 Å². The van der Waals surface area contributed by atoms with E-state index < -0.39 is 0 Å². The third kappa shape index (κ3) is 2.33. The van der Waals surface area contributed by atoms with Gasteiger partial charge < -0.3 is 20.1 Å².